The summed E-state index contributed by atoms with van der Waals surface area (Å²) in [5, 5.41) is 20.8. The van der Waals surface area contributed by atoms with Gasteiger partial charge in [0.2, 0.25) is 17.7 Å². The number of nitrogens with one attached hydrogen (secondary N) is 4. The van der Waals surface area contributed by atoms with Crippen molar-refractivity contribution in [3.05, 3.63) is 101 Å². The molecule has 3 aromatic carbocycles. The van der Waals surface area contributed by atoms with E-state index in [0.29, 0.717) is 24.0 Å². The maximum atomic E-state index is 14.0. The summed E-state index contributed by atoms with van der Waals surface area (Å²) in [4.78, 5) is 65.2. The molecule has 0 bridgehead atoms. The molecule has 13 nitrogen and oxygen atoms in total. The number of carbonyl (C=O) groups excluding carboxylic acids is 5. The van der Waals surface area contributed by atoms with Crippen LogP contribution < -0.4 is 27.0 Å². The topological polar surface area (TPSA) is 198 Å². The molecular formula is C39H51N5O8. The molecule has 0 aliphatic carbocycles. The second-order valence-electron chi connectivity index (χ2n) is 13.7. The van der Waals surface area contributed by atoms with E-state index in [1.54, 1.807) is 71.0 Å². The van der Waals surface area contributed by atoms with Crippen LogP contribution in [0.5, 0.6) is 5.75 Å². The van der Waals surface area contributed by atoms with Gasteiger partial charge in [-0.3, -0.25) is 14.4 Å². The second kappa shape index (κ2) is 19.7. The third kappa shape index (κ3) is 14.3. The molecule has 13 heteroatoms. The number of phenols is 1. The lowest BCUT2D eigenvalue weighted by molar-refractivity contribution is -0.132. The maximum absolute atomic E-state index is 14.0. The number of carbonyl (C=O) groups is 5. The zero-order valence-corrected chi connectivity index (χ0v) is 30.5. The van der Waals surface area contributed by atoms with Gasteiger partial charge in [-0.1, -0.05) is 60.7 Å². The minimum absolute atomic E-state index is 0.0320. The first-order valence-corrected chi connectivity index (χ1v) is 17.3. The van der Waals surface area contributed by atoms with E-state index in [2.05, 4.69) is 21.3 Å². The fraction of sp³-hybridized carbons (Fsp3) is 0.410. The molecule has 0 radical (unpaired) electrons. The lowest BCUT2D eigenvalue weighted by Crippen LogP contribution is -2.57. The SMILES string of the molecule is Cc1cc(O)cc(C)c1CC(NC(=O)OC(C)(C)C)C(=O)N[C@@H](CCCCNC(=O)OCc1ccccc1)C(=O)N[C@@H](Cc1ccccc1)C(N)=O. The van der Waals surface area contributed by atoms with E-state index in [1.807, 2.05) is 36.4 Å². The number of alkyl carbamates (subject to hydrolysis) is 2. The van der Waals surface area contributed by atoms with Crippen LogP contribution in [0.25, 0.3) is 0 Å². The summed E-state index contributed by atoms with van der Waals surface area (Å²) >= 11 is 0. The minimum Gasteiger partial charge on any atom is -0.508 e. The van der Waals surface area contributed by atoms with Gasteiger partial charge in [-0.05, 0) is 93.8 Å². The molecule has 0 saturated carbocycles. The number of rotatable bonds is 17. The Labute approximate surface area is 305 Å². The first kappa shape index (κ1) is 40.8. The fourth-order valence-corrected chi connectivity index (χ4v) is 5.48. The number of aromatic hydroxyl groups is 1. The molecule has 3 aromatic rings. The van der Waals surface area contributed by atoms with Gasteiger partial charge in [0.1, 0.15) is 36.1 Å². The van der Waals surface area contributed by atoms with Gasteiger partial charge >= 0.3 is 12.2 Å². The van der Waals surface area contributed by atoms with Crippen molar-refractivity contribution in [2.45, 2.75) is 97.1 Å². The highest BCUT2D eigenvalue weighted by molar-refractivity contribution is 5.93. The smallest absolute Gasteiger partial charge is 0.408 e. The van der Waals surface area contributed by atoms with Crippen molar-refractivity contribution in [1.29, 1.82) is 0 Å². The van der Waals surface area contributed by atoms with Crippen molar-refractivity contribution in [3.63, 3.8) is 0 Å². The van der Waals surface area contributed by atoms with E-state index in [-0.39, 0.29) is 38.2 Å². The van der Waals surface area contributed by atoms with Crippen LogP contribution in [0.15, 0.2) is 72.8 Å². The molecular weight excluding hydrogens is 666 g/mol. The number of hydrogen-bond acceptors (Lipinski definition) is 8. The molecule has 3 rings (SSSR count). The molecule has 0 saturated heterocycles. The summed E-state index contributed by atoms with van der Waals surface area (Å²) in [6, 6.07) is 18.0. The zero-order valence-electron chi connectivity index (χ0n) is 30.5. The maximum Gasteiger partial charge on any atom is 0.408 e. The van der Waals surface area contributed by atoms with Gasteiger partial charge in [-0.2, -0.15) is 0 Å². The number of unbranched alkanes of at least 4 members (excludes halogenated alkanes) is 1. The Morgan fingerprint density at radius 2 is 1.29 bits per heavy atom. The first-order valence-electron chi connectivity index (χ1n) is 17.3. The molecule has 1 unspecified atom stereocenters. The van der Waals surface area contributed by atoms with Crippen LogP contribution in [-0.2, 0) is 43.3 Å². The van der Waals surface area contributed by atoms with E-state index in [0.717, 1.165) is 16.7 Å². The summed E-state index contributed by atoms with van der Waals surface area (Å²) in [6.45, 7) is 9.00. The third-order valence-electron chi connectivity index (χ3n) is 8.07. The monoisotopic (exact) mass is 717 g/mol. The Hall–Kier alpha value is -5.59. The molecule has 0 fully saturated rings. The van der Waals surface area contributed by atoms with Crippen LogP contribution in [0.1, 0.15) is 67.9 Å². The van der Waals surface area contributed by atoms with E-state index in [4.69, 9.17) is 15.2 Å². The van der Waals surface area contributed by atoms with Crippen molar-refractivity contribution in [1.82, 2.24) is 21.3 Å². The Morgan fingerprint density at radius 1 is 0.731 bits per heavy atom. The number of ether oxygens (including phenoxy) is 2. The number of benzene rings is 3. The lowest BCUT2D eigenvalue weighted by atomic mass is 9.95. The van der Waals surface area contributed by atoms with Crippen LogP contribution in [0.2, 0.25) is 0 Å². The molecule has 0 spiro atoms. The summed E-state index contributed by atoms with van der Waals surface area (Å²) in [5.74, 6) is -1.99. The fourth-order valence-electron chi connectivity index (χ4n) is 5.48. The summed E-state index contributed by atoms with van der Waals surface area (Å²) in [7, 11) is 0. The molecule has 3 atom stereocenters. The van der Waals surface area contributed by atoms with E-state index in [9.17, 15) is 29.1 Å². The average Bonchev–Trinajstić information content (AvgIpc) is 3.07. The molecule has 7 N–H and O–H groups in total. The van der Waals surface area contributed by atoms with Gasteiger partial charge < -0.3 is 41.6 Å². The van der Waals surface area contributed by atoms with Crippen LogP contribution in [0.3, 0.4) is 0 Å². The largest absolute Gasteiger partial charge is 0.508 e. The predicted molar refractivity (Wildman–Crippen MR) is 196 cm³/mol. The van der Waals surface area contributed by atoms with Crippen LogP contribution in [-0.4, -0.2) is 65.3 Å². The predicted octanol–water partition coefficient (Wildman–Crippen LogP) is 4.24. The van der Waals surface area contributed by atoms with Crippen LogP contribution in [0.4, 0.5) is 9.59 Å². The number of primary amides is 1. The highest BCUT2D eigenvalue weighted by Crippen LogP contribution is 2.22. The van der Waals surface area contributed by atoms with Gasteiger partial charge in [0.25, 0.3) is 0 Å². The number of amides is 5. The van der Waals surface area contributed by atoms with Crippen LogP contribution >= 0.6 is 0 Å². The summed E-state index contributed by atoms with van der Waals surface area (Å²) in [6.07, 6.45) is -0.292. The second-order valence-corrected chi connectivity index (χ2v) is 13.7. The molecule has 5 amide bonds. The van der Waals surface area contributed by atoms with Crippen molar-refractivity contribution in [2.75, 3.05) is 6.54 Å². The molecule has 0 aromatic heterocycles. The van der Waals surface area contributed by atoms with E-state index < -0.39 is 53.6 Å². The molecule has 52 heavy (non-hydrogen) atoms. The van der Waals surface area contributed by atoms with Gasteiger partial charge in [0.15, 0.2) is 0 Å². The Morgan fingerprint density at radius 3 is 1.87 bits per heavy atom. The molecule has 280 valence electrons. The highest BCUT2D eigenvalue weighted by Gasteiger charge is 2.31. The van der Waals surface area contributed by atoms with Gasteiger partial charge in [0, 0.05) is 19.4 Å². The minimum atomic E-state index is -1.18. The average molecular weight is 718 g/mol. The Balaban J connectivity index is 1.76. The lowest BCUT2D eigenvalue weighted by Gasteiger charge is -2.27. The van der Waals surface area contributed by atoms with Gasteiger partial charge in [0.05, 0.1) is 0 Å². The third-order valence-corrected chi connectivity index (χ3v) is 8.07. The van der Waals surface area contributed by atoms with Gasteiger partial charge in [-0.25, -0.2) is 9.59 Å². The van der Waals surface area contributed by atoms with Crippen molar-refractivity contribution < 1.29 is 38.6 Å². The Kier molecular flexibility index (Phi) is 15.5. The normalized spacial score (nSPS) is 12.8. The highest BCUT2D eigenvalue weighted by atomic mass is 16.6. The molecule has 0 heterocycles. The first-order chi connectivity index (χ1) is 24.6. The molecule has 0 aliphatic heterocycles. The van der Waals surface area contributed by atoms with Crippen molar-refractivity contribution in [2.24, 2.45) is 5.73 Å². The number of aryl methyl sites for hydroxylation is 2. The summed E-state index contributed by atoms with van der Waals surface area (Å²) < 4.78 is 10.7. The van der Waals surface area contributed by atoms with E-state index >= 15 is 0 Å². The van der Waals surface area contributed by atoms with Crippen LogP contribution in [0, 0.1) is 13.8 Å². The number of nitrogens with two attached hydrogens (primary N) is 1. The zero-order chi connectivity index (χ0) is 38.3. The standard InChI is InChI=1S/C39H51N5O8/c1-25-20-29(45)21-26(2)30(25)23-33(44-38(50)52-39(3,4)5)36(48)42-31(35(47)43-32(34(40)46)22-27-14-8-6-9-15-27)18-12-13-19-41-37(49)51-24-28-16-10-7-11-17-28/h6-11,14-17,20-21,31-33,45H,12-13,18-19,22-24H2,1-5H3,(H2,40,46)(H,41,49)(H,42,48)(H,43,47)(H,44,50)/t31-,32-,33?/m0/s1. The Bertz CT molecular complexity index is 1640. The quantitative estimate of drug-likeness (QED) is 0.111. The van der Waals surface area contributed by atoms with Crippen molar-refractivity contribution in [3.8, 4) is 5.75 Å². The number of phenolic OH excluding ortho intramolecular Hbond substituents is 1. The van der Waals surface area contributed by atoms with Crippen molar-refractivity contribution >= 4 is 29.9 Å². The number of hydrogen-bond donors (Lipinski definition) is 6. The van der Waals surface area contributed by atoms with Gasteiger partial charge in [-0.15, -0.1) is 0 Å². The molecule has 0 aliphatic rings. The summed E-state index contributed by atoms with van der Waals surface area (Å²) in [5.41, 5.74) is 8.58. The van der Waals surface area contributed by atoms with E-state index in [1.165, 1.54) is 0 Å².